The van der Waals surface area contributed by atoms with Crippen LogP contribution in [-0.4, -0.2) is 71.5 Å². The van der Waals surface area contributed by atoms with E-state index in [9.17, 15) is 9.59 Å². The van der Waals surface area contributed by atoms with Crippen molar-refractivity contribution in [2.24, 2.45) is 35.1 Å². The molecule has 8 heteroatoms. The van der Waals surface area contributed by atoms with E-state index in [0.29, 0.717) is 35.8 Å². The topological polar surface area (TPSA) is 111 Å². The Kier molecular flexibility index (Phi) is 6.31. The molecule has 0 bridgehead atoms. The van der Waals surface area contributed by atoms with Crippen LogP contribution in [0.25, 0.3) is 0 Å². The fourth-order valence-corrected chi connectivity index (χ4v) is 4.87. The molecule has 4 aliphatic rings. The van der Waals surface area contributed by atoms with Crippen molar-refractivity contribution in [3.8, 4) is 0 Å². The number of nitrogens with zero attached hydrogens (tertiary/aromatic N) is 2. The number of amides is 2. The first kappa shape index (κ1) is 23.1. The Morgan fingerprint density at radius 3 is 1.27 bits per heavy atom. The van der Waals surface area contributed by atoms with Crippen LogP contribution in [-0.2, 0) is 9.47 Å². The quantitative estimate of drug-likeness (QED) is 0.618. The molecule has 8 nitrogen and oxygen atoms in total. The van der Waals surface area contributed by atoms with Crippen LogP contribution in [0, 0.1) is 23.7 Å². The van der Waals surface area contributed by atoms with Gasteiger partial charge in [-0.1, -0.05) is 0 Å². The molecule has 0 unspecified atom stereocenters. The number of fused-ring (bicyclic) bond motifs is 2. The van der Waals surface area contributed by atoms with Crippen LogP contribution in [0.15, 0.2) is 0 Å². The third-order valence-corrected chi connectivity index (χ3v) is 6.54. The fourth-order valence-electron chi connectivity index (χ4n) is 4.87. The lowest BCUT2D eigenvalue weighted by Gasteiger charge is -2.35. The number of rotatable bonds is 0. The second kappa shape index (κ2) is 8.19. The van der Waals surface area contributed by atoms with Crippen molar-refractivity contribution in [1.82, 2.24) is 9.80 Å². The highest BCUT2D eigenvalue weighted by molar-refractivity contribution is 5.69. The molecule has 0 spiro atoms. The molecule has 0 aromatic carbocycles. The molecule has 4 N–H and O–H groups in total. The molecule has 0 aromatic rings. The summed E-state index contributed by atoms with van der Waals surface area (Å²) in [5.74, 6) is 2.26. The van der Waals surface area contributed by atoms with Crippen molar-refractivity contribution in [3.05, 3.63) is 0 Å². The van der Waals surface area contributed by atoms with E-state index in [2.05, 4.69) is 0 Å². The van der Waals surface area contributed by atoms with Crippen molar-refractivity contribution >= 4 is 12.2 Å². The molecule has 2 saturated carbocycles. The standard InChI is InChI=1S/2C11H20N2O2/c2*1-11(2,3)15-10(14)13-5-7-4-9(12)8(7)6-13/h2*7-9H,4-6,12H2,1-3H3/t2*7-,8+,9-/m10/s1. The van der Waals surface area contributed by atoms with Crippen LogP contribution >= 0.6 is 0 Å². The highest BCUT2D eigenvalue weighted by Gasteiger charge is 2.48. The number of hydrogen-bond donors (Lipinski definition) is 2. The Bertz CT molecular complexity index is 601. The largest absolute Gasteiger partial charge is 0.444 e. The second-order valence-electron chi connectivity index (χ2n) is 11.4. The van der Waals surface area contributed by atoms with E-state index >= 15 is 0 Å². The molecule has 0 radical (unpaired) electrons. The van der Waals surface area contributed by atoms with E-state index in [0.717, 1.165) is 39.0 Å². The van der Waals surface area contributed by atoms with E-state index in [1.807, 2.05) is 41.5 Å². The van der Waals surface area contributed by atoms with Crippen LogP contribution in [0.2, 0.25) is 0 Å². The normalized spacial score (nSPS) is 34.7. The van der Waals surface area contributed by atoms with Gasteiger partial charge in [0, 0.05) is 38.3 Å². The van der Waals surface area contributed by atoms with Crippen molar-refractivity contribution in [2.45, 2.75) is 77.7 Å². The summed E-state index contributed by atoms with van der Waals surface area (Å²) in [7, 11) is 0. The van der Waals surface area contributed by atoms with E-state index < -0.39 is 11.2 Å². The Morgan fingerprint density at radius 1 is 0.700 bits per heavy atom. The van der Waals surface area contributed by atoms with Gasteiger partial charge in [-0.2, -0.15) is 0 Å². The first-order valence-corrected chi connectivity index (χ1v) is 11.2. The predicted octanol–water partition coefficient (Wildman–Crippen LogP) is 2.40. The molecule has 172 valence electrons. The van der Waals surface area contributed by atoms with Gasteiger partial charge in [-0.25, -0.2) is 9.59 Å². The summed E-state index contributed by atoms with van der Waals surface area (Å²) in [6, 6.07) is 0.588. The summed E-state index contributed by atoms with van der Waals surface area (Å²) in [5.41, 5.74) is 10.9. The average molecular weight is 425 g/mol. The molecule has 2 aliphatic heterocycles. The van der Waals surface area contributed by atoms with Gasteiger partial charge in [0.25, 0.3) is 0 Å². The van der Waals surface area contributed by atoms with Gasteiger partial charge in [0.1, 0.15) is 11.2 Å². The van der Waals surface area contributed by atoms with Crippen molar-refractivity contribution < 1.29 is 19.1 Å². The van der Waals surface area contributed by atoms with Gasteiger partial charge in [-0.05, 0) is 78.1 Å². The Balaban J connectivity index is 0.000000171. The smallest absolute Gasteiger partial charge is 0.410 e. The maximum atomic E-state index is 11.7. The molecule has 6 atom stereocenters. The lowest BCUT2D eigenvalue weighted by atomic mass is 9.72. The Labute approximate surface area is 180 Å². The van der Waals surface area contributed by atoms with Crippen LogP contribution in [0.3, 0.4) is 0 Å². The van der Waals surface area contributed by atoms with Crippen LogP contribution < -0.4 is 11.5 Å². The summed E-state index contributed by atoms with van der Waals surface area (Å²) >= 11 is 0. The predicted molar refractivity (Wildman–Crippen MR) is 115 cm³/mol. The zero-order valence-corrected chi connectivity index (χ0v) is 19.4. The van der Waals surface area contributed by atoms with Crippen LogP contribution in [0.1, 0.15) is 54.4 Å². The van der Waals surface area contributed by atoms with E-state index in [1.54, 1.807) is 9.80 Å². The molecule has 2 saturated heterocycles. The maximum absolute atomic E-state index is 11.7. The minimum Gasteiger partial charge on any atom is -0.444 e. The summed E-state index contributed by atoms with van der Waals surface area (Å²) in [5, 5.41) is 0. The molecule has 4 fully saturated rings. The van der Waals surface area contributed by atoms with Crippen molar-refractivity contribution in [3.63, 3.8) is 0 Å². The number of nitrogens with two attached hydrogens (primary N) is 2. The highest BCUT2D eigenvalue weighted by Crippen LogP contribution is 2.40. The van der Waals surface area contributed by atoms with Gasteiger partial charge in [-0.3, -0.25) is 0 Å². The SMILES string of the molecule is CC(C)(C)OC(=O)N1C[C@@H]2C[C@H](N)[C@@H]2C1.CC(C)(C)OC(=O)N1C[C@H]2C[C@@H](N)[C@H]2C1. The Hall–Kier alpha value is -1.54. The van der Waals surface area contributed by atoms with Gasteiger partial charge in [0.15, 0.2) is 0 Å². The fraction of sp³-hybridized carbons (Fsp3) is 0.909. The molecule has 2 aliphatic carbocycles. The van der Waals surface area contributed by atoms with Gasteiger partial charge in [-0.15, -0.1) is 0 Å². The number of carbonyl (C=O) groups is 2. The first-order valence-electron chi connectivity index (χ1n) is 11.2. The molecule has 4 rings (SSSR count). The molecule has 2 amide bonds. The Morgan fingerprint density at radius 2 is 1.03 bits per heavy atom. The zero-order chi connectivity index (χ0) is 22.4. The first-order chi connectivity index (χ1) is 13.7. The summed E-state index contributed by atoms with van der Waals surface area (Å²) in [6.07, 6.45) is 1.74. The number of carbonyl (C=O) groups excluding carboxylic acids is 2. The molecule has 0 aromatic heterocycles. The monoisotopic (exact) mass is 424 g/mol. The second-order valence-corrected chi connectivity index (χ2v) is 11.4. The summed E-state index contributed by atoms with van der Waals surface area (Å²) in [4.78, 5) is 27.1. The van der Waals surface area contributed by atoms with Crippen molar-refractivity contribution in [2.75, 3.05) is 26.2 Å². The molecule has 30 heavy (non-hydrogen) atoms. The lowest BCUT2D eigenvalue weighted by molar-refractivity contribution is 0.0277. The lowest BCUT2D eigenvalue weighted by Crippen LogP contribution is -2.46. The molecular weight excluding hydrogens is 384 g/mol. The van der Waals surface area contributed by atoms with E-state index in [1.165, 1.54) is 0 Å². The minimum atomic E-state index is -0.402. The van der Waals surface area contributed by atoms with Gasteiger partial charge in [0.05, 0.1) is 0 Å². The minimum absolute atomic E-state index is 0.191. The van der Waals surface area contributed by atoms with Crippen LogP contribution in [0.4, 0.5) is 9.59 Å². The highest BCUT2D eigenvalue weighted by atomic mass is 16.6. The number of hydrogen-bond acceptors (Lipinski definition) is 6. The third-order valence-electron chi connectivity index (χ3n) is 6.54. The van der Waals surface area contributed by atoms with Gasteiger partial charge < -0.3 is 30.7 Å². The number of ether oxygens (including phenoxy) is 2. The third kappa shape index (κ3) is 5.38. The average Bonchev–Trinajstić information content (AvgIpc) is 3.09. The zero-order valence-electron chi connectivity index (χ0n) is 19.4. The van der Waals surface area contributed by atoms with Gasteiger partial charge >= 0.3 is 12.2 Å². The van der Waals surface area contributed by atoms with E-state index in [-0.39, 0.29) is 12.2 Å². The summed E-state index contributed by atoms with van der Waals surface area (Å²) < 4.78 is 10.7. The molecular formula is C22H40N4O4. The number of likely N-dealkylation sites (tertiary alicyclic amines) is 2. The van der Waals surface area contributed by atoms with Gasteiger partial charge in [0.2, 0.25) is 0 Å². The van der Waals surface area contributed by atoms with Crippen molar-refractivity contribution in [1.29, 1.82) is 0 Å². The molecule has 2 heterocycles. The maximum Gasteiger partial charge on any atom is 0.410 e. The summed E-state index contributed by atoms with van der Waals surface area (Å²) in [6.45, 7) is 14.6. The van der Waals surface area contributed by atoms with E-state index in [4.69, 9.17) is 20.9 Å². The van der Waals surface area contributed by atoms with Crippen LogP contribution in [0.5, 0.6) is 0 Å².